The van der Waals surface area contributed by atoms with E-state index in [4.69, 9.17) is 16.3 Å². The third kappa shape index (κ3) is 4.37. The molecule has 4 rings (SSSR count). The number of phenols is 1. The number of rotatable bonds is 6. The van der Waals surface area contributed by atoms with Gasteiger partial charge in [0.1, 0.15) is 24.6 Å². The monoisotopic (exact) mass is 439 g/mol. The van der Waals surface area contributed by atoms with Crippen molar-refractivity contribution in [2.75, 3.05) is 13.2 Å². The summed E-state index contributed by atoms with van der Waals surface area (Å²) in [5.41, 5.74) is 4.64. The van der Waals surface area contributed by atoms with Gasteiger partial charge < -0.3 is 25.4 Å². The SMILES string of the molecule is O=C(NCC(O)C(O)c1cc(O)ccc1Cl)OCC1c2ccccc2-c2ccccc21. The predicted molar refractivity (Wildman–Crippen MR) is 117 cm³/mol. The van der Waals surface area contributed by atoms with Crippen molar-refractivity contribution in [2.45, 2.75) is 18.1 Å². The fourth-order valence-electron chi connectivity index (χ4n) is 3.91. The van der Waals surface area contributed by atoms with Gasteiger partial charge in [-0.2, -0.15) is 0 Å². The van der Waals surface area contributed by atoms with Gasteiger partial charge >= 0.3 is 6.09 Å². The number of aliphatic hydroxyl groups is 2. The van der Waals surface area contributed by atoms with Crippen LogP contribution in [0.4, 0.5) is 4.79 Å². The number of fused-ring (bicyclic) bond motifs is 3. The predicted octanol–water partition coefficient (Wildman–Crippen LogP) is 3.98. The number of alkyl carbamates (subject to hydrolysis) is 1. The van der Waals surface area contributed by atoms with Gasteiger partial charge in [0.2, 0.25) is 0 Å². The van der Waals surface area contributed by atoms with Crippen LogP contribution in [-0.4, -0.2) is 40.7 Å². The van der Waals surface area contributed by atoms with Gasteiger partial charge in [-0.1, -0.05) is 60.1 Å². The number of halogens is 1. The molecule has 3 aromatic rings. The summed E-state index contributed by atoms with van der Waals surface area (Å²) in [6.45, 7) is -0.0965. The molecular formula is C24H22ClNO5. The molecule has 6 nitrogen and oxygen atoms in total. The van der Waals surface area contributed by atoms with Crippen molar-refractivity contribution in [3.8, 4) is 16.9 Å². The molecule has 7 heteroatoms. The fourth-order valence-corrected chi connectivity index (χ4v) is 4.14. The van der Waals surface area contributed by atoms with Crippen LogP contribution in [0.15, 0.2) is 66.7 Å². The lowest BCUT2D eigenvalue weighted by Gasteiger charge is -2.20. The molecule has 1 amide bonds. The van der Waals surface area contributed by atoms with E-state index in [2.05, 4.69) is 17.4 Å². The summed E-state index contributed by atoms with van der Waals surface area (Å²) in [5.74, 6) is -0.157. The third-order valence-electron chi connectivity index (χ3n) is 5.46. The Hall–Kier alpha value is -3.06. The Morgan fingerprint density at radius 1 is 1.00 bits per heavy atom. The van der Waals surface area contributed by atoms with Crippen LogP contribution >= 0.6 is 11.6 Å². The third-order valence-corrected chi connectivity index (χ3v) is 5.81. The molecule has 1 aliphatic carbocycles. The summed E-state index contributed by atoms with van der Waals surface area (Å²) >= 11 is 6.01. The van der Waals surface area contributed by atoms with Crippen molar-refractivity contribution in [3.63, 3.8) is 0 Å². The summed E-state index contributed by atoms with van der Waals surface area (Å²) < 4.78 is 5.41. The Balaban J connectivity index is 1.35. The number of carbonyl (C=O) groups excluding carboxylic acids is 1. The largest absolute Gasteiger partial charge is 0.508 e. The van der Waals surface area contributed by atoms with Crippen LogP contribution in [0.5, 0.6) is 5.75 Å². The number of phenolic OH excluding ortho intramolecular Hbond substituents is 1. The molecule has 0 aliphatic heterocycles. The first-order valence-electron chi connectivity index (χ1n) is 9.89. The lowest BCUT2D eigenvalue weighted by Crippen LogP contribution is -2.36. The van der Waals surface area contributed by atoms with Gasteiger partial charge in [0, 0.05) is 23.0 Å². The van der Waals surface area contributed by atoms with Crippen LogP contribution in [0.1, 0.15) is 28.7 Å². The highest BCUT2D eigenvalue weighted by Gasteiger charge is 2.29. The second-order valence-electron chi connectivity index (χ2n) is 7.42. The topological polar surface area (TPSA) is 99.0 Å². The molecular weight excluding hydrogens is 418 g/mol. The molecule has 0 saturated heterocycles. The maximum absolute atomic E-state index is 12.2. The zero-order valence-corrected chi connectivity index (χ0v) is 17.3. The van der Waals surface area contributed by atoms with Crippen molar-refractivity contribution in [2.24, 2.45) is 0 Å². The number of ether oxygens (including phenoxy) is 1. The van der Waals surface area contributed by atoms with E-state index in [1.165, 1.54) is 18.2 Å². The molecule has 0 spiro atoms. The van der Waals surface area contributed by atoms with E-state index in [-0.39, 0.29) is 35.4 Å². The molecule has 0 aromatic heterocycles. The second-order valence-corrected chi connectivity index (χ2v) is 7.83. The maximum atomic E-state index is 12.2. The smallest absolute Gasteiger partial charge is 0.407 e. The van der Waals surface area contributed by atoms with E-state index in [1.54, 1.807) is 0 Å². The van der Waals surface area contributed by atoms with Gasteiger partial charge in [-0.3, -0.25) is 0 Å². The number of aliphatic hydroxyl groups excluding tert-OH is 2. The number of aromatic hydroxyl groups is 1. The van der Waals surface area contributed by atoms with Crippen LogP contribution in [-0.2, 0) is 4.74 Å². The van der Waals surface area contributed by atoms with E-state index in [1.807, 2.05) is 36.4 Å². The van der Waals surface area contributed by atoms with E-state index in [9.17, 15) is 20.1 Å². The molecule has 4 N–H and O–H groups in total. The van der Waals surface area contributed by atoms with Crippen LogP contribution in [0.25, 0.3) is 11.1 Å². The Labute approximate surface area is 184 Å². The molecule has 3 aromatic carbocycles. The minimum absolute atomic E-state index is 0.0697. The highest BCUT2D eigenvalue weighted by Crippen LogP contribution is 2.44. The molecule has 0 radical (unpaired) electrons. The molecule has 160 valence electrons. The number of carbonyl (C=O) groups is 1. The summed E-state index contributed by atoms with van der Waals surface area (Å²) in [6, 6.07) is 20.1. The highest BCUT2D eigenvalue weighted by molar-refractivity contribution is 6.31. The lowest BCUT2D eigenvalue weighted by atomic mass is 9.98. The van der Waals surface area contributed by atoms with Crippen LogP contribution in [0.2, 0.25) is 5.02 Å². The van der Waals surface area contributed by atoms with E-state index >= 15 is 0 Å². The Morgan fingerprint density at radius 3 is 2.26 bits per heavy atom. The first-order valence-corrected chi connectivity index (χ1v) is 10.3. The quantitative estimate of drug-likeness (QED) is 0.465. The van der Waals surface area contributed by atoms with Gasteiger partial charge in [-0.15, -0.1) is 0 Å². The molecule has 1 aliphatic rings. The zero-order valence-electron chi connectivity index (χ0n) is 16.5. The van der Waals surface area contributed by atoms with Crippen molar-refractivity contribution >= 4 is 17.7 Å². The Morgan fingerprint density at radius 2 is 1.61 bits per heavy atom. The Bertz CT molecular complexity index is 1060. The molecule has 2 unspecified atom stereocenters. The second kappa shape index (κ2) is 8.98. The number of nitrogens with one attached hydrogen (secondary N) is 1. The molecule has 0 saturated carbocycles. The first kappa shape index (κ1) is 21.2. The van der Waals surface area contributed by atoms with E-state index < -0.39 is 18.3 Å². The number of benzene rings is 3. The summed E-state index contributed by atoms with van der Waals surface area (Å²) in [7, 11) is 0. The van der Waals surface area contributed by atoms with Crippen molar-refractivity contribution < 1.29 is 24.9 Å². The van der Waals surface area contributed by atoms with E-state index in [0.29, 0.717) is 0 Å². The fraction of sp³-hybridized carbons (Fsp3) is 0.208. The van der Waals surface area contributed by atoms with Crippen LogP contribution in [0, 0.1) is 0 Å². The van der Waals surface area contributed by atoms with Gasteiger partial charge in [-0.25, -0.2) is 4.79 Å². The molecule has 31 heavy (non-hydrogen) atoms. The first-order chi connectivity index (χ1) is 15.0. The molecule has 2 atom stereocenters. The standard InChI is InChI=1S/C24H22ClNO5/c25-21-10-9-14(27)11-19(21)23(29)22(28)12-26-24(30)31-13-20-17-7-3-1-5-15(17)16-6-2-4-8-18(16)20/h1-11,20,22-23,27-29H,12-13H2,(H,26,30). The Kier molecular flexibility index (Phi) is 6.13. The van der Waals surface area contributed by atoms with Gasteiger partial charge in [0.05, 0.1) is 0 Å². The summed E-state index contributed by atoms with van der Waals surface area (Å²) in [5, 5.41) is 32.7. The number of amides is 1. The summed E-state index contributed by atoms with van der Waals surface area (Å²) in [4.78, 5) is 12.2. The average molecular weight is 440 g/mol. The van der Waals surface area contributed by atoms with Gasteiger partial charge in [0.15, 0.2) is 0 Å². The van der Waals surface area contributed by atoms with Gasteiger partial charge in [-0.05, 0) is 40.5 Å². The van der Waals surface area contributed by atoms with Crippen molar-refractivity contribution in [3.05, 3.63) is 88.4 Å². The zero-order chi connectivity index (χ0) is 22.0. The van der Waals surface area contributed by atoms with E-state index in [0.717, 1.165) is 22.3 Å². The maximum Gasteiger partial charge on any atom is 0.407 e. The lowest BCUT2D eigenvalue weighted by molar-refractivity contribution is 0.0185. The highest BCUT2D eigenvalue weighted by atomic mass is 35.5. The number of hydrogen-bond donors (Lipinski definition) is 4. The average Bonchev–Trinajstić information content (AvgIpc) is 3.11. The minimum atomic E-state index is -1.38. The molecule has 0 heterocycles. The minimum Gasteiger partial charge on any atom is -0.508 e. The van der Waals surface area contributed by atoms with Crippen molar-refractivity contribution in [1.82, 2.24) is 5.32 Å². The van der Waals surface area contributed by atoms with Gasteiger partial charge in [0.25, 0.3) is 0 Å². The van der Waals surface area contributed by atoms with Crippen LogP contribution in [0.3, 0.4) is 0 Å². The molecule has 0 bridgehead atoms. The molecule has 0 fully saturated rings. The number of hydrogen-bond acceptors (Lipinski definition) is 5. The normalized spacial score (nSPS) is 14.4. The summed E-state index contributed by atoms with van der Waals surface area (Å²) in [6.07, 6.45) is -3.41. The van der Waals surface area contributed by atoms with Crippen molar-refractivity contribution in [1.29, 1.82) is 0 Å². The van der Waals surface area contributed by atoms with Crippen LogP contribution < -0.4 is 5.32 Å².